The van der Waals surface area contributed by atoms with Gasteiger partial charge in [0, 0.05) is 13.1 Å². The molecule has 0 aliphatic carbocycles. The largest absolute Gasteiger partial charge is 0.392 e. The Kier molecular flexibility index (Phi) is 3.90. The number of β-amino-alcohol motifs (C(OH)–C–C–N with tert-alkyl or cyclic N) is 1. The van der Waals surface area contributed by atoms with E-state index in [1.165, 1.54) is 0 Å². The minimum absolute atomic E-state index is 0.140. The quantitative estimate of drug-likeness (QED) is 0.787. The second-order valence-corrected chi connectivity index (χ2v) is 5.42. The number of hydrogen-bond acceptors (Lipinski definition) is 4. The number of nitrogens with zero attached hydrogens (tertiary/aromatic N) is 2. The normalized spacial score (nSPS) is 21.8. The fourth-order valence-electron chi connectivity index (χ4n) is 2.73. The number of benzene rings is 1. The summed E-state index contributed by atoms with van der Waals surface area (Å²) in [5, 5.41) is 15.4. The number of aliphatic hydroxyl groups is 1. The zero-order valence-electron chi connectivity index (χ0n) is 12.0. The number of aliphatic hydroxyl groups excluding tert-OH is 1. The van der Waals surface area contributed by atoms with E-state index in [-0.39, 0.29) is 11.9 Å². The van der Waals surface area contributed by atoms with Crippen LogP contribution in [-0.4, -0.2) is 39.3 Å². The number of carbonyl (C=O) groups excluding carboxylic acids is 1. The number of aromatic nitrogens is 2. The maximum atomic E-state index is 12.3. The highest BCUT2D eigenvalue weighted by Gasteiger charge is 2.28. The van der Waals surface area contributed by atoms with Gasteiger partial charge in [-0.1, -0.05) is 19.1 Å². The van der Waals surface area contributed by atoms with E-state index < -0.39 is 6.10 Å². The lowest BCUT2D eigenvalue weighted by atomic mass is 10.2. The molecule has 0 saturated carbocycles. The van der Waals surface area contributed by atoms with Gasteiger partial charge < -0.3 is 15.0 Å². The Morgan fingerprint density at radius 1 is 1.52 bits per heavy atom. The molecule has 0 bridgehead atoms. The molecule has 0 spiro atoms. The predicted octanol–water partition coefficient (Wildman–Crippen LogP) is 1.11. The highest BCUT2D eigenvalue weighted by Crippen LogP contribution is 2.20. The lowest BCUT2D eigenvalue weighted by Crippen LogP contribution is -2.36. The number of hydrogen-bond donors (Lipinski definition) is 3. The molecule has 2 aromatic rings. The molecule has 0 radical (unpaired) electrons. The molecule has 2 heterocycles. The summed E-state index contributed by atoms with van der Waals surface area (Å²) in [7, 11) is 0. The summed E-state index contributed by atoms with van der Waals surface area (Å²) >= 11 is 0. The van der Waals surface area contributed by atoms with Gasteiger partial charge in [-0.25, -0.2) is 4.98 Å². The van der Waals surface area contributed by atoms with Crippen molar-refractivity contribution in [2.24, 2.45) is 0 Å². The molecule has 1 aliphatic heterocycles. The molecule has 6 heteroatoms. The van der Waals surface area contributed by atoms with Crippen molar-refractivity contribution >= 4 is 22.9 Å². The van der Waals surface area contributed by atoms with Crippen molar-refractivity contribution in [3.8, 4) is 0 Å². The van der Waals surface area contributed by atoms with Gasteiger partial charge in [-0.3, -0.25) is 10.1 Å². The van der Waals surface area contributed by atoms with E-state index in [9.17, 15) is 9.90 Å². The molecule has 1 saturated heterocycles. The maximum absolute atomic E-state index is 12.3. The highest BCUT2D eigenvalue weighted by atomic mass is 16.3. The van der Waals surface area contributed by atoms with E-state index in [0.29, 0.717) is 18.9 Å². The number of carbonyl (C=O) groups is 1. The Bertz CT molecular complexity index is 652. The Morgan fingerprint density at radius 3 is 3.05 bits per heavy atom. The second-order valence-electron chi connectivity index (χ2n) is 5.42. The summed E-state index contributed by atoms with van der Waals surface area (Å²) in [6.07, 6.45) is 0.957. The third-order valence-electron chi connectivity index (χ3n) is 3.76. The van der Waals surface area contributed by atoms with Crippen LogP contribution in [0.25, 0.3) is 11.0 Å². The highest BCUT2D eigenvalue weighted by molar-refractivity contribution is 5.95. The van der Waals surface area contributed by atoms with Gasteiger partial charge in [0.1, 0.15) is 0 Å². The molecule has 1 aliphatic rings. The van der Waals surface area contributed by atoms with Gasteiger partial charge in [0.25, 0.3) is 0 Å². The number of fused-ring (bicyclic) bond motifs is 1. The molecule has 1 amide bonds. The van der Waals surface area contributed by atoms with Crippen molar-refractivity contribution in [3.05, 3.63) is 24.3 Å². The monoisotopic (exact) mass is 288 g/mol. The summed E-state index contributed by atoms with van der Waals surface area (Å²) in [6.45, 7) is 3.36. The van der Waals surface area contributed by atoms with E-state index in [1.54, 1.807) is 0 Å². The number of anilines is 1. The molecular formula is C15H20N4O2. The van der Waals surface area contributed by atoms with Crippen LogP contribution in [0.2, 0.25) is 0 Å². The summed E-state index contributed by atoms with van der Waals surface area (Å²) in [4.78, 5) is 16.8. The van der Waals surface area contributed by atoms with Crippen molar-refractivity contribution in [1.82, 2.24) is 14.9 Å². The Balaban J connectivity index is 1.85. The molecule has 6 nitrogen and oxygen atoms in total. The minimum atomic E-state index is -0.449. The van der Waals surface area contributed by atoms with Gasteiger partial charge in [-0.2, -0.15) is 0 Å². The fraction of sp³-hybridized carbons (Fsp3) is 0.467. The van der Waals surface area contributed by atoms with Gasteiger partial charge in [-0.05, 0) is 25.0 Å². The Hall–Kier alpha value is -1.92. The van der Waals surface area contributed by atoms with Crippen LogP contribution in [0.3, 0.4) is 0 Å². The topological polar surface area (TPSA) is 79.2 Å². The average molecular weight is 288 g/mol. The van der Waals surface area contributed by atoms with Crippen LogP contribution in [0.15, 0.2) is 24.3 Å². The number of amides is 1. The van der Waals surface area contributed by atoms with Crippen molar-refractivity contribution in [1.29, 1.82) is 0 Å². The molecule has 2 atom stereocenters. The Morgan fingerprint density at radius 2 is 2.33 bits per heavy atom. The van der Waals surface area contributed by atoms with Gasteiger partial charge in [0.15, 0.2) is 0 Å². The molecule has 1 aromatic heterocycles. The number of aryl methyl sites for hydroxylation is 1. The van der Waals surface area contributed by atoms with Crippen LogP contribution in [-0.2, 0) is 11.3 Å². The molecule has 2 unspecified atom stereocenters. The van der Waals surface area contributed by atoms with Crippen molar-refractivity contribution in [2.45, 2.75) is 38.5 Å². The number of para-hydroxylation sites is 2. The fourth-order valence-corrected chi connectivity index (χ4v) is 2.73. The standard InChI is InChI=1S/C15H20N4O2/c1-2-7-19-13-6-4-3-5-11(13)17-15(19)18-14(21)12-8-10(20)9-16-12/h3-6,10,12,16,20H,2,7-9H2,1H3,(H,17,18,21). The first kappa shape index (κ1) is 14.0. The first-order chi connectivity index (χ1) is 10.2. The van der Waals surface area contributed by atoms with Crippen LogP contribution >= 0.6 is 0 Å². The summed E-state index contributed by atoms with van der Waals surface area (Å²) < 4.78 is 2.03. The number of nitrogens with one attached hydrogen (secondary N) is 2. The van der Waals surface area contributed by atoms with Gasteiger partial charge >= 0.3 is 0 Å². The molecule has 3 rings (SSSR count). The van der Waals surface area contributed by atoms with Crippen LogP contribution < -0.4 is 10.6 Å². The molecule has 21 heavy (non-hydrogen) atoms. The molecule has 1 aromatic carbocycles. The second kappa shape index (κ2) is 5.83. The van der Waals surface area contributed by atoms with Crippen molar-refractivity contribution < 1.29 is 9.90 Å². The third kappa shape index (κ3) is 2.77. The first-order valence-corrected chi connectivity index (χ1v) is 7.36. The van der Waals surface area contributed by atoms with E-state index in [2.05, 4.69) is 22.5 Å². The van der Waals surface area contributed by atoms with E-state index in [4.69, 9.17) is 0 Å². The summed E-state index contributed by atoms with van der Waals surface area (Å²) in [5.74, 6) is 0.436. The predicted molar refractivity (Wildman–Crippen MR) is 81.1 cm³/mol. The average Bonchev–Trinajstić information content (AvgIpc) is 3.04. The smallest absolute Gasteiger partial charge is 0.243 e. The van der Waals surface area contributed by atoms with E-state index in [0.717, 1.165) is 24.0 Å². The van der Waals surface area contributed by atoms with Crippen LogP contribution in [0.4, 0.5) is 5.95 Å². The van der Waals surface area contributed by atoms with Crippen molar-refractivity contribution in [3.63, 3.8) is 0 Å². The SMILES string of the molecule is CCCn1c(NC(=O)C2CC(O)CN2)nc2ccccc21. The minimum Gasteiger partial charge on any atom is -0.392 e. The molecule has 3 N–H and O–H groups in total. The van der Waals surface area contributed by atoms with Crippen LogP contribution in [0, 0.1) is 0 Å². The molecule has 112 valence electrons. The maximum Gasteiger partial charge on any atom is 0.243 e. The molecular weight excluding hydrogens is 268 g/mol. The van der Waals surface area contributed by atoms with Crippen LogP contribution in [0.5, 0.6) is 0 Å². The lowest BCUT2D eigenvalue weighted by molar-refractivity contribution is -0.118. The van der Waals surface area contributed by atoms with Gasteiger partial charge in [0.2, 0.25) is 11.9 Å². The Labute approximate surface area is 123 Å². The van der Waals surface area contributed by atoms with E-state index >= 15 is 0 Å². The van der Waals surface area contributed by atoms with Gasteiger partial charge in [-0.15, -0.1) is 0 Å². The zero-order chi connectivity index (χ0) is 14.8. The van der Waals surface area contributed by atoms with Crippen LogP contribution in [0.1, 0.15) is 19.8 Å². The summed E-state index contributed by atoms with van der Waals surface area (Å²) in [5.41, 5.74) is 1.90. The lowest BCUT2D eigenvalue weighted by Gasteiger charge is -2.12. The van der Waals surface area contributed by atoms with Gasteiger partial charge in [0.05, 0.1) is 23.2 Å². The third-order valence-corrected chi connectivity index (χ3v) is 3.76. The first-order valence-electron chi connectivity index (χ1n) is 7.36. The molecule has 1 fully saturated rings. The number of rotatable bonds is 4. The van der Waals surface area contributed by atoms with Crippen molar-refractivity contribution in [2.75, 3.05) is 11.9 Å². The van der Waals surface area contributed by atoms with E-state index in [1.807, 2.05) is 28.8 Å². The number of imidazole rings is 1. The zero-order valence-corrected chi connectivity index (χ0v) is 12.0. The summed E-state index contributed by atoms with van der Waals surface area (Å²) in [6, 6.07) is 7.50.